The highest BCUT2D eigenvalue weighted by molar-refractivity contribution is 7.11. The fourth-order valence-corrected chi connectivity index (χ4v) is 2.77. The number of hydrogen-bond donors (Lipinski definition) is 3. The van der Waals surface area contributed by atoms with Gasteiger partial charge in [-0.25, -0.2) is 9.78 Å². The van der Waals surface area contributed by atoms with Gasteiger partial charge in [-0.2, -0.15) is 0 Å². The summed E-state index contributed by atoms with van der Waals surface area (Å²) in [7, 11) is 0. The number of aromatic nitrogens is 1. The Labute approximate surface area is 124 Å². The standard InChI is InChI=1S/C14H25N3O2S/c1-9(2)12(18)14(4,5)8-17-13(19)16-7-11-6-15-10(3)20-11/h6,9,12,18H,7-8H2,1-5H3,(H2,16,17,19). The molecule has 0 spiro atoms. The third kappa shape index (κ3) is 5.09. The van der Waals surface area contributed by atoms with Gasteiger partial charge in [0.25, 0.3) is 0 Å². The van der Waals surface area contributed by atoms with Gasteiger partial charge in [0, 0.05) is 23.0 Å². The van der Waals surface area contributed by atoms with Crippen molar-refractivity contribution in [2.45, 2.75) is 47.3 Å². The van der Waals surface area contributed by atoms with Crippen LogP contribution >= 0.6 is 11.3 Å². The van der Waals surface area contributed by atoms with Gasteiger partial charge in [0.2, 0.25) is 0 Å². The Morgan fingerprint density at radius 3 is 2.60 bits per heavy atom. The Bertz CT molecular complexity index is 443. The van der Waals surface area contributed by atoms with E-state index in [1.807, 2.05) is 34.6 Å². The zero-order chi connectivity index (χ0) is 15.3. The van der Waals surface area contributed by atoms with Crippen LogP contribution in [0, 0.1) is 18.3 Å². The van der Waals surface area contributed by atoms with Crippen LogP contribution < -0.4 is 10.6 Å². The molecule has 5 nitrogen and oxygen atoms in total. The molecule has 6 heteroatoms. The first-order valence-corrected chi connectivity index (χ1v) is 7.65. The predicted molar refractivity (Wildman–Crippen MR) is 81.7 cm³/mol. The summed E-state index contributed by atoms with van der Waals surface area (Å²) in [6.45, 7) is 10.7. The highest BCUT2D eigenvalue weighted by atomic mass is 32.1. The van der Waals surface area contributed by atoms with Gasteiger partial charge < -0.3 is 15.7 Å². The number of rotatable bonds is 6. The smallest absolute Gasteiger partial charge is 0.315 e. The van der Waals surface area contributed by atoms with E-state index in [-0.39, 0.29) is 17.4 Å². The zero-order valence-electron chi connectivity index (χ0n) is 12.9. The van der Waals surface area contributed by atoms with Gasteiger partial charge in [-0.1, -0.05) is 27.7 Å². The van der Waals surface area contributed by atoms with E-state index < -0.39 is 6.10 Å². The van der Waals surface area contributed by atoms with E-state index in [0.717, 1.165) is 9.88 Å². The number of nitrogens with one attached hydrogen (secondary N) is 2. The lowest BCUT2D eigenvalue weighted by atomic mass is 9.81. The Kier molecular flexibility index (Phi) is 5.95. The Hall–Kier alpha value is -1.14. The molecule has 0 saturated carbocycles. The maximum Gasteiger partial charge on any atom is 0.315 e. The van der Waals surface area contributed by atoms with E-state index in [4.69, 9.17) is 0 Å². The van der Waals surface area contributed by atoms with Gasteiger partial charge >= 0.3 is 6.03 Å². The van der Waals surface area contributed by atoms with E-state index in [1.165, 1.54) is 0 Å². The second-order valence-electron chi connectivity index (χ2n) is 6.06. The zero-order valence-corrected chi connectivity index (χ0v) is 13.7. The highest BCUT2D eigenvalue weighted by Crippen LogP contribution is 2.24. The van der Waals surface area contributed by atoms with E-state index >= 15 is 0 Å². The van der Waals surface area contributed by atoms with Crippen LogP contribution in [-0.4, -0.2) is 28.8 Å². The second-order valence-corrected chi connectivity index (χ2v) is 7.38. The van der Waals surface area contributed by atoms with Crippen molar-refractivity contribution in [2.75, 3.05) is 6.54 Å². The molecular formula is C14H25N3O2S. The topological polar surface area (TPSA) is 74.2 Å². The Morgan fingerprint density at radius 2 is 2.10 bits per heavy atom. The molecule has 0 radical (unpaired) electrons. The minimum Gasteiger partial charge on any atom is -0.392 e. The van der Waals surface area contributed by atoms with E-state index in [9.17, 15) is 9.90 Å². The summed E-state index contributed by atoms with van der Waals surface area (Å²) >= 11 is 1.57. The van der Waals surface area contributed by atoms with Crippen LogP contribution in [0.1, 0.15) is 37.6 Å². The lowest BCUT2D eigenvalue weighted by molar-refractivity contribution is 0.0151. The minimum atomic E-state index is -0.452. The number of urea groups is 1. The molecule has 0 bridgehead atoms. The normalized spacial score (nSPS) is 13.3. The summed E-state index contributed by atoms with van der Waals surface area (Å²) in [6, 6.07) is -0.222. The van der Waals surface area contributed by atoms with Crippen LogP contribution in [0.4, 0.5) is 4.79 Å². The molecule has 0 aliphatic rings. The van der Waals surface area contributed by atoms with Gasteiger partial charge in [-0.3, -0.25) is 0 Å². The second kappa shape index (κ2) is 7.04. The van der Waals surface area contributed by atoms with Crippen LogP contribution in [0.3, 0.4) is 0 Å². The van der Waals surface area contributed by atoms with Crippen molar-refractivity contribution >= 4 is 17.4 Å². The molecule has 1 unspecified atom stereocenters. The molecule has 0 saturated heterocycles. The van der Waals surface area contributed by atoms with E-state index in [0.29, 0.717) is 13.1 Å². The summed E-state index contributed by atoms with van der Waals surface area (Å²) in [4.78, 5) is 16.9. The maximum absolute atomic E-state index is 11.7. The van der Waals surface area contributed by atoms with E-state index in [1.54, 1.807) is 17.5 Å². The summed E-state index contributed by atoms with van der Waals surface area (Å²) in [5.41, 5.74) is -0.355. The van der Waals surface area contributed by atoms with Gasteiger partial charge in [0.05, 0.1) is 17.7 Å². The molecule has 1 aromatic heterocycles. The number of carbonyl (C=O) groups excluding carboxylic acids is 1. The molecule has 114 valence electrons. The number of nitrogens with zero attached hydrogens (tertiary/aromatic N) is 1. The molecule has 0 aliphatic carbocycles. The van der Waals surface area contributed by atoms with Crippen molar-refractivity contribution < 1.29 is 9.90 Å². The van der Waals surface area contributed by atoms with Crippen molar-refractivity contribution in [3.05, 3.63) is 16.1 Å². The molecule has 1 rings (SSSR count). The average molecular weight is 299 g/mol. The molecule has 1 aromatic rings. The van der Waals surface area contributed by atoms with Crippen molar-refractivity contribution in [2.24, 2.45) is 11.3 Å². The van der Waals surface area contributed by atoms with Crippen molar-refractivity contribution in [1.82, 2.24) is 15.6 Å². The van der Waals surface area contributed by atoms with Crippen LogP contribution in [0.5, 0.6) is 0 Å². The van der Waals surface area contributed by atoms with Crippen LogP contribution in [0.2, 0.25) is 0 Å². The summed E-state index contributed by atoms with van der Waals surface area (Å²) in [5, 5.41) is 16.7. The lowest BCUT2D eigenvalue weighted by Gasteiger charge is -2.33. The number of aryl methyl sites for hydroxylation is 1. The fourth-order valence-electron chi connectivity index (χ4n) is 2.03. The number of aliphatic hydroxyl groups excluding tert-OH is 1. The van der Waals surface area contributed by atoms with Gasteiger partial charge in [-0.15, -0.1) is 11.3 Å². The summed E-state index contributed by atoms with van der Waals surface area (Å²) < 4.78 is 0. The maximum atomic E-state index is 11.7. The molecule has 0 fully saturated rings. The highest BCUT2D eigenvalue weighted by Gasteiger charge is 2.30. The molecule has 1 heterocycles. The number of aliphatic hydroxyl groups is 1. The summed E-state index contributed by atoms with van der Waals surface area (Å²) in [5.74, 6) is 0.162. The third-order valence-electron chi connectivity index (χ3n) is 3.23. The van der Waals surface area contributed by atoms with Gasteiger partial charge in [0.1, 0.15) is 0 Å². The molecule has 1 atom stereocenters. The molecule has 0 aliphatic heterocycles. The van der Waals surface area contributed by atoms with Crippen LogP contribution in [-0.2, 0) is 6.54 Å². The number of carbonyl (C=O) groups is 1. The van der Waals surface area contributed by atoms with Gasteiger partial charge in [0.15, 0.2) is 0 Å². The number of thiazole rings is 1. The van der Waals surface area contributed by atoms with Crippen molar-refractivity contribution in [1.29, 1.82) is 0 Å². The first-order chi connectivity index (χ1) is 9.22. The SMILES string of the molecule is Cc1ncc(CNC(=O)NCC(C)(C)C(O)C(C)C)s1. The minimum absolute atomic E-state index is 0.162. The van der Waals surface area contributed by atoms with Crippen LogP contribution in [0.25, 0.3) is 0 Å². The van der Waals surface area contributed by atoms with Gasteiger partial charge in [-0.05, 0) is 12.8 Å². The van der Waals surface area contributed by atoms with Crippen LogP contribution in [0.15, 0.2) is 6.20 Å². The molecule has 20 heavy (non-hydrogen) atoms. The predicted octanol–water partition coefficient (Wildman–Crippen LogP) is 2.29. The molecular weight excluding hydrogens is 274 g/mol. The lowest BCUT2D eigenvalue weighted by Crippen LogP contribution is -2.46. The number of hydrogen-bond acceptors (Lipinski definition) is 4. The first-order valence-electron chi connectivity index (χ1n) is 6.83. The first kappa shape index (κ1) is 16.9. The monoisotopic (exact) mass is 299 g/mol. The Balaban J connectivity index is 2.36. The number of amides is 2. The largest absolute Gasteiger partial charge is 0.392 e. The van der Waals surface area contributed by atoms with E-state index in [2.05, 4.69) is 15.6 Å². The Morgan fingerprint density at radius 1 is 1.45 bits per heavy atom. The molecule has 0 aromatic carbocycles. The fraction of sp³-hybridized carbons (Fsp3) is 0.714. The van der Waals surface area contributed by atoms with Crippen molar-refractivity contribution in [3.8, 4) is 0 Å². The van der Waals surface area contributed by atoms with Crippen molar-refractivity contribution in [3.63, 3.8) is 0 Å². The average Bonchev–Trinajstić information content (AvgIpc) is 2.78. The summed E-state index contributed by atoms with van der Waals surface area (Å²) in [6.07, 6.45) is 1.32. The molecule has 3 N–H and O–H groups in total. The quantitative estimate of drug-likeness (QED) is 0.754. The molecule has 2 amide bonds. The third-order valence-corrected chi connectivity index (χ3v) is 4.14.